The average molecular weight is 241 g/mol. The summed E-state index contributed by atoms with van der Waals surface area (Å²) in [4.78, 5) is 0. The molecule has 1 aliphatic heterocycles. The summed E-state index contributed by atoms with van der Waals surface area (Å²) >= 11 is 0. The molecule has 7 heteroatoms. The Morgan fingerprint density at radius 1 is 1.43 bits per heavy atom. The van der Waals surface area contributed by atoms with Gasteiger partial charge in [-0.3, -0.25) is 0 Å². The summed E-state index contributed by atoms with van der Waals surface area (Å²) in [6, 6.07) is 0. The van der Waals surface area contributed by atoms with E-state index in [2.05, 4.69) is 4.72 Å². The van der Waals surface area contributed by atoms with Crippen molar-refractivity contribution in [1.82, 2.24) is 4.72 Å². The first-order chi connectivity index (χ1) is 6.18. The van der Waals surface area contributed by atoms with Crippen LogP contribution in [0.25, 0.3) is 0 Å². The van der Waals surface area contributed by atoms with Gasteiger partial charge in [-0.2, -0.15) is 0 Å². The summed E-state index contributed by atoms with van der Waals surface area (Å²) in [7, 11) is -6.39. The predicted octanol–water partition coefficient (Wildman–Crippen LogP) is -0.497. The molecular weight excluding hydrogens is 226 g/mol. The third-order valence-electron chi connectivity index (χ3n) is 2.29. The predicted molar refractivity (Wildman–Crippen MR) is 54.3 cm³/mol. The van der Waals surface area contributed by atoms with Crippen LogP contribution >= 0.6 is 0 Å². The highest BCUT2D eigenvalue weighted by atomic mass is 32.2. The Labute approximate surface area is 84.9 Å². The fourth-order valence-corrected chi connectivity index (χ4v) is 4.79. The van der Waals surface area contributed by atoms with Crippen LogP contribution in [0.3, 0.4) is 0 Å². The van der Waals surface area contributed by atoms with Crippen LogP contribution in [0.5, 0.6) is 0 Å². The van der Waals surface area contributed by atoms with Crippen molar-refractivity contribution in [3.63, 3.8) is 0 Å². The second-order valence-corrected chi connectivity index (χ2v) is 8.10. The number of sulfonamides is 1. The molecule has 1 saturated heterocycles. The molecule has 0 aromatic rings. The highest BCUT2D eigenvalue weighted by Crippen LogP contribution is 2.23. The first-order valence-electron chi connectivity index (χ1n) is 4.40. The van der Waals surface area contributed by atoms with E-state index in [1.54, 1.807) is 6.92 Å². The molecular formula is C7H15NO4S2. The smallest absolute Gasteiger partial charge is 0.211 e. The third-order valence-corrected chi connectivity index (χ3v) is 5.75. The Kier molecular flexibility index (Phi) is 2.95. The summed E-state index contributed by atoms with van der Waals surface area (Å²) in [6.07, 6.45) is 0.356. The first-order valence-corrected chi connectivity index (χ1v) is 7.87. The molecule has 0 saturated carbocycles. The van der Waals surface area contributed by atoms with Crippen LogP contribution in [0.4, 0.5) is 0 Å². The van der Waals surface area contributed by atoms with Crippen LogP contribution in [-0.4, -0.2) is 39.6 Å². The van der Waals surface area contributed by atoms with E-state index in [4.69, 9.17) is 0 Å². The Morgan fingerprint density at radius 2 is 2.00 bits per heavy atom. The number of nitrogens with one attached hydrogen (secondary N) is 1. The Balaban J connectivity index is 2.81. The van der Waals surface area contributed by atoms with E-state index in [0.29, 0.717) is 6.42 Å². The fraction of sp³-hybridized carbons (Fsp3) is 1.00. The molecule has 0 spiro atoms. The zero-order valence-corrected chi connectivity index (χ0v) is 9.91. The van der Waals surface area contributed by atoms with Gasteiger partial charge in [0.05, 0.1) is 17.3 Å². The maximum Gasteiger partial charge on any atom is 0.211 e. The minimum absolute atomic E-state index is 0.0252. The van der Waals surface area contributed by atoms with E-state index in [1.807, 2.05) is 0 Å². The van der Waals surface area contributed by atoms with Crippen LogP contribution in [0.1, 0.15) is 20.3 Å². The molecule has 0 radical (unpaired) electrons. The van der Waals surface area contributed by atoms with Crippen molar-refractivity contribution in [2.75, 3.05) is 17.3 Å². The number of hydrogen-bond donors (Lipinski definition) is 1. The standard InChI is InChI=1S/C7H15NO4S2/c1-3-14(11,12)8-7(2)4-5-13(9,10)6-7/h8H,3-6H2,1-2H3. The van der Waals surface area contributed by atoms with Gasteiger partial charge in [0, 0.05) is 5.54 Å². The summed E-state index contributed by atoms with van der Waals surface area (Å²) < 4.78 is 47.3. The monoisotopic (exact) mass is 241 g/mol. The van der Waals surface area contributed by atoms with Gasteiger partial charge in [-0.15, -0.1) is 0 Å². The molecule has 1 fully saturated rings. The summed E-state index contributed by atoms with van der Waals surface area (Å²) in [6.45, 7) is 3.15. The van der Waals surface area contributed by atoms with Gasteiger partial charge in [-0.25, -0.2) is 21.6 Å². The molecule has 0 aliphatic carbocycles. The van der Waals surface area contributed by atoms with Crippen molar-refractivity contribution in [1.29, 1.82) is 0 Å². The zero-order valence-electron chi connectivity index (χ0n) is 8.28. The number of rotatable bonds is 3. The van der Waals surface area contributed by atoms with Gasteiger partial charge in [0.1, 0.15) is 0 Å². The van der Waals surface area contributed by atoms with Crippen molar-refractivity contribution in [3.05, 3.63) is 0 Å². The number of hydrogen-bond acceptors (Lipinski definition) is 4. The van der Waals surface area contributed by atoms with Gasteiger partial charge >= 0.3 is 0 Å². The van der Waals surface area contributed by atoms with Gasteiger partial charge < -0.3 is 0 Å². The number of sulfone groups is 1. The molecule has 1 unspecified atom stereocenters. The van der Waals surface area contributed by atoms with Crippen LogP contribution < -0.4 is 4.72 Å². The summed E-state index contributed by atoms with van der Waals surface area (Å²) in [5, 5.41) is 0. The molecule has 1 N–H and O–H groups in total. The molecule has 1 atom stereocenters. The molecule has 5 nitrogen and oxygen atoms in total. The third kappa shape index (κ3) is 2.93. The van der Waals surface area contributed by atoms with E-state index in [0.717, 1.165) is 0 Å². The average Bonchev–Trinajstić information content (AvgIpc) is 2.24. The molecule has 0 amide bonds. The van der Waals surface area contributed by atoms with E-state index in [9.17, 15) is 16.8 Å². The van der Waals surface area contributed by atoms with E-state index in [1.165, 1.54) is 6.92 Å². The quantitative estimate of drug-likeness (QED) is 0.722. The lowest BCUT2D eigenvalue weighted by molar-refractivity contribution is 0.462. The molecule has 0 aromatic carbocycles. The maximum atomic E-state index is 11.3. The normalized spacial score (nSPS) is 31.9. The van der Waals surface area contributed by atoms with Crippen LogP contribution in [0, 0.1) is 0 Å². The SMILES string of the molecule is CCS(=O)(=O)NC1(C)CCS(=O)(=O)C1. The van der Waals surface area contributed by atoms with Gasteiger partial charge in [0.2, 0.25) is 10.0 Å². The highest BCUT2D eigenvalue weighted by Gasteiger charge is 2.40. The lowest BCUT2D eigenvalue weighted by Gasteiger charge is -2.22. The fourth-order valence-electron chi connectivity index (χ4n) is 1.54. The van der Waals surface area contributed by atoms with Crippen LogP contribution in [0.15, 0.2) is 0 Å². The minimum atomic E-state index is -3.33. The molecule has 1 rings (SSSR count). The van der Waals surface area contributed by atoms with Gasteiger partial charge in [0.25, 0.3) is 0 Å². The van der Waals surface area contributed by atoms with Crippen LogP contribution in [-0.2, 0) is 19.9 Å². The molecule has 14 heavy (non-hydrogen) atoms. The van der Waals surface area contributed by atoms with Crippen LogP contribution in [0.2, 0.25) is 0 Å². The molecule has 1 aliphatic rings. The Hall–Kier alpha value is -0.140. The van der Waals surface area contributed by atoms with E-state index >= 15 is 0 Å². The Morgan fingerprint density at radius 3 is 2.36 bits per heavy atom. The second kappa shape index (κ2) is 3.46. The van der Waals surface area contributed by atoms with Crippen molar-refractivity contribution in [2.45, 2.75) is 25.8 Å². The molecule has 0 bridgehead atoms. The first kappa shape index (κ1) is 11.9. The van der Waals surface area contributed by atoms with Crippen molar-refractivity contribution in [3.8, 4) is 0 Å². The van der Waals surface area contributed by atoms with Crippen molar-refractivity contribution < 1.29 is 16.8 Å². The molecule has 1 heterocycles. The maximum absolute atomic E-state index is 11.3. The Bertz CT molecular complexity index is 411. The summed E-state index contributed by atoms with van der Waals surface area (Å²) in [5.74, 6) is -0.0579. The van der Waals surface area contributed by atoms with Gasteiger partial charge in [0.15, 0.2) is 9.84 Å². The lowest BCUT2D eigenvalue weighted by Crippen LogP contribution is -2.47. The lowest BCUT2D eigenvalue weighted by atomic mass is 10.0. The van der Waals surface area contributed by atoms with E-state index in [-0.39, 0.29) is 17.3 Å². The minimum Gasteiger partial charge on any atom is -0.229 e. The molecule has 0 aromatic heterocycles. The van der Waals surface area contributed by atoms with Gasteiger partial charge in [-0.1, -0.05) is 0 Å². The van der Waals surface area contributed by atoms with Gasteiger partial charge in [-0.05, 0) is 20.3 Å². The largest absolute Gasteiger partial charge is 0.229 e. The molecule has 84 valence electrons. The summed E-state index contributed by atoms with van der Waals surface area (Å²) in [5.41, 5.74) is -0.812. The van der Waals surface area contributed by atoms with Crippen molar-refractivity contribution in [2.24, 2.45) is 0 Å². The zero-order chi connectivity index (χ0) is 11.0. The van der Waals surface area contributed by atoms with E-state index < -0.39 is 25.4 Å². The van der Waals surface area contributed by atoms with Crippen molar-refractivity contribution >= 4 is 19.9 Å². The second-order valence-electron chi connectivity index (χ2n) is 3.91. The topological polar surface area (TPSA) is 80.3 Å². The highest BCUT2D eigenvalue weighted by molar-refractivity contribution is 7.92.